The summed E-state index contributed by atoms with van der Waals surface area (Å²) >= 11 is 5.94. The van der Waals surface area contributed by atoms with Crippen LogP contribution in [0.25, 0.3) is 0 Å². The fourth-order valence-electron chi connectivity index (χ4n) is 1.46. The van der Waals surface area contributed by atoms with Crippen LogP contribution in [0.15, 0.2) is 36.9 Å². The molecule has 0 spiro atoms. The number of carbonyl (C=O) groups is 2. The van der Waals surface area contributed by atoms with Gasteiger partial charge in [-0.2, -0.15) is 0 Å². The fraction of sp³-hybridized carbons (Fsp3) is 0.231. The Balaban J connectivity index is 2.70. The highest BCUT2D eigenvalue weighted by Crippen LogP contribution is 2.24. The van der Waals surface area contributed by atoms with Crippen LogP contribution in [0.5, 0.6) is 0 Å². The molecule has 0 aliphatic carbocycles. The Bertz CT molecular complexity index is 475. The van der Waals surface area contributed by atoms with Crippen LogP contribution in [-0.2, 0) is 9.53 Å². The lowest BCUT2D eigenvalue weighted by molar-refractivity contribution is -0.138. The molecule has 1 rings (SSSR count). The number of amides is 1. The summed E-state index contributed by atoms with van der Waals surface area (Å²) in [6, 6.07) is 6.60. The van der Waals surface area contributed by atoms with Crippen LogP contribution in [-0.4, -0.2) is 30.3 Å². The van der Waals surface area contributed by atoms with E-state index < -0.39 is 18.0 Å². The summed E-state index contributed by atoms with van der Waals surface area (Å²) in [5.74, 6) is -2.00. The van der Waals surface area contributed by atoms with Gasteiger partial charge in [0.1, 0.15) is 12.5 Å². The molecule has 0 aliphatic rings. The zero-order chi connectivity index (χ0) is 14.3. The van der Waals surface area contributed by atoms with E-state index in [9.17, 15) is 14.7 Å². The standard InChI is InChI=1S/C13H14ClNO4/c1-2-7-19-13(18)15-8-10(12(16)17)9-5-3-4-6-11(9)14/h2-6,10H,1,7-8H2,(H,15,18)(H,16,17). The molecule has 0 heterocycles. The first-order valence-corrected chi connectivity index (χ1v) is 5.92. The van der Waals surface area contributed by atoms with E-state index in [0.717, 1.165) is 0 Å². The second-order valence-electron chi connectivity index (χ2n) is 3.68. The second kappa shape index (κ2) is 7.43. The molecule has 0 bridgehead atoms. The Labute approximate surface area is 115 Å². The average molecular weight is 284 g/mol. The highest BCUT2D eigenvalue weighted by atomic mass is 35.5. The number of hydrogen-bond acceptors (Lipinski definition) is 3. The van der Waals surface area contributed by atoms with E-state index >= 15 is 0 Å². The van der Waals surface area contributed by atoms with E-state index in [4.69, 9.17) is 16.3 Å². The molecule has 2 N–H and O–H groups in total. The molecule has 1 aromatic rings. The third-order valence-corrected chi connectivity index (χ3v) is 2.71. The third-order valence-electron chi connectivity index (χ3n) is 2.36. The van der Waals surface area contributed by atoms with Gasteiger partial charge in [-0.3, -0.25) is 4.79 Å². The van der Waals surface area contributed by atoms with Crippen molar-refractivity contribution in [1.82, 2.24) is 5.32 Å². The molecule has 5 nitrogen and oxygen atoms in total. The van der Waals surface area contributed by atoms with Gasteiger partial charge >= 0.3 is 12.1 Å². The summed E-state index contributed by atoms with van der Waals surface area (Å²) in [7, 11) is 0. The number of alkyl carbamates (subject to hydrolysis) is 1. The Morgan fingerprint density at radius 3 is 2.74 bits per heavy atom. The van der Waals surface area contributed by atoms with Gasteiger partial charge in [0, 0.05) is 11.6 Å². The van der Waals surface area contributed by atoms with E-state index in [1.807, 2.05) is 0 Å². The first-order valence-electron chi connectivity index (χ1n) is 5.55. The van der Waals surface area contributed by atoms with Crippen molar-refractivity contribution in [2.45, 2.75) is 5.92 Å². The van der Waals surface area contributed by atoms with Gasteiger partial charge in [0.05, 0.1) is 0 Å². The summed E-state index contributed by atoms with van der Waals surface area (Å²) in [5.41, 5.74) is 0.445. The smallest absolute Gasteiger partial charge is 0.407 e. The highest BCUT2D eigenvalue weighted by molar-refractivity contribution is 6.31. The van der Waals surface area contributed by atoms with Crippen molar-refractivity contribution >= 4 is 23.7 Å². The zero-order valence-corrected chi connectivity index (χ0v) is 10.9. The molecule has 1 amide bonds. The molecule has 0 saturated carbocycles. The first kappa shape index (κ1) is 15.0. The maximum atomic E-state index is 11.2. The minimum absolute atomic E-state index is 0.0651. The maximum absolute atomic E-state index is 11.2. The number of benzene rings is 1. The van der Waals surface area contributed by atoms with Crippen molar-refractivity contribution in [3.63, 3.8) is 0 Å². The van der Waals surface area contributed by atoms with Gasteiger partial charge in [0.2, 0.25) is 0 Å². The van der Waals surface area contributed by atoms with Crippen molar-refractivity contribution in [1.29, 1.82) is 0 Å². The second-order valence-corrected chi connectivity index (χ2v) is 4.09. The van der Waals surface area contributed by atoms with Crippen molar-refractivity contribution in [3.05, 3.63) is 47.5 Å². The van der Waals surface area contributed by atoms with Crippen molar-refractivity contribution in [2.24, 2.45) is 0 Å². The lowest BCUT2D eigenvalue weighted by Crippen LogP contribution is -2.32. The van der Waals surface area contributed by atoms with Gasteiger partial charge in [0.15, 0.2) is 0 Å². The topological polar surface area (TPSA) is 75.6 Å². The summed E-state index contributed by atoms with van der Waals surface area (Å²) in [6.45, 7) is 3.36. The quantitative estimate of drug-likeness (QED) is 0.786. The van der Waals surface area contributed by atoms with E-state index in [2.05, 4.69) is 11.9 Å². The average Bonchev–Trinajstić information content (AvgIpc) is 2.38. The van der Waals surface area contributed by atoms with Crippen molar-refractivity contribution < 1.29 is 19.4 Å². The molecule has 0 saturated heterocycles. The minimum atomic E-state index is -1.07. The molecule has 1 atom stereocenters. The molecule has 0 fully saturated rings. The molecule has 1 aromatic carbocycles. The van der Waals surface area contributed by atoms with Crippen LogP contribution in [0.1, 0.15) is 11.5 Å². The Hall–Kier alpha value is -2.01. The van der Waals surface area contributed by atoms with Crippen LogP contribution < -0.4 is 5.32 Å². The maximum Gasteiger partial charge on any atom is 0.407 e. The van der Waals surface area contributed by atoms with E-state index in [1.165, 1.54) is 6.08 Å². The first-order chi connectivity index (χ1) is 9.06. The molecule has 1 unspecified atom stereocenters. The van der Waals surface area contributed by atoms with Gasteiger partial charge in [-0.15, -0.1) is 0 Å². The number of hydrogen-bond donors (Lipinski definition) is 2. The summed E-state index contributed by atoms with van der Waals surface area (Å²) in [5, 5.41) is 11.9. The van der Waals surface area contributed by atoms with Gasteiger partial charge in [-0.25, -0.2) is 4.79 Å². The van der Waals surface area contributed by atoms with Gasteiger partial charge < -0.3 is 15.2 Å². The molecule has 6 heteroatoms. The molecule has 102 valence electrons. The third kappa shape index (κ3) is 4.63. The van der Waals surface area contributed by atoms with Gasteiger partial charge in [0.25, 0.3) is 0 Å². The minimum Gasteiger partial charge on any atom is -0.481 e. The van der Waals surface area contributed by atoms with Gasteiger partial charge in [-0.1, -0.05) is 42.5 Å². The SMILES string of the molecule is C=CCOC(=O)NCC(C(=O)O)c1ccccc1Cl. The lowest BCUT2D eigenvalue weighted by Gasteiger charge is -2.14. The highest BCUT2D eigenvalue weighted by Gasteiger charge is 2.22. The number of carbonyl (C=O) groups excluding carboxylic acids is 1. The normalized spacial score (nSPS) is 11.4. The number of halogens is 1. The molecule has 0 aromatic heterocycles. The van der Waals surface area contributed by atoms with E-state index in [0.29, 0.717) is 10.6 Å². The largest absolute Gasteiger partial charge is 0.481 e. The number of carboxylic acid groups (broad SMARTS) is 1. The van der Waals surface area contributed by atoms with Crippen LogP contribution in [0.4, 0.5) is 4.79 Å². The lowest BCUT2D eigenvalue weighted by atomic mass is 9.99. The number of aliphatic carboxylic acids is 1. The van der Waals surface area contributed by atoms with E-state index in [1.54, 1.807) is 24.3 Å². The number of rotatable bonds is 6. The number of ether oxygens (including phenoxy) is 1. The number of nitrogens with one attached hydrogen (secondary N) is 1. The predicted octanol–water partition coefficient (Wildman–Crippen LogP) is 2.42. The van der Waals surface area contributed by atoms with Crippen LogP contribution in [0.2, 0.25) is 5.02 Å². The fourth-order valence-corrected chi connectivity index (χ4v) is 1.73. The van der Waals surface area contributed by atoms with Crippen molar-refractivity contribution in [3.8, 4) is 0 Å². The van der Waals surface area contributed by atoms with Crippen LogP contribution in [0, 0.1) is 0 Å². The summed E-state index contributed by atoms with van der Waals surface area (Å²) < 4.78 is 4.69. The Morgan fingerprint density at radius 1 is 1.47 bits per heavy atom. The number of carboxylic acids is 1. The molecule has 19 heavy (non-hydrogen) atoms. The van der Waals surface area contributed by atoms with Crippen molar-refractivity contribution in [2.75, 3.05) is 13.2 Å². The Morgan fingerprint density at radius 2 is 2.16 bits per heavy atom. The Kier molecular flexibility index (Phi) is 5.89. The monoisotopic (exact) mass is 283 g/mol. The predicted molar refractivity (Wildman–Crippen MR) is 71.4 cm³/mol. The van der Waals surface area contributed by atoms with Crippen LogP contribution >= 0.6 is 11.6 Å². The summed E-state index contributed by atoms with van der Waals surface area (Å²) in [6.07, 6.45) is 0.723. The molecule has 0 aliphatic heterocycles. The van der Waals surface area contributed by atoms with E-state index in [-0.39, 0.29) is 13.2 Å². The molecular weight excluding hydrogens is 270 g/mol. The van der Waals surface area contributed by atoms with Crippen LogP contribution in [0.3, 0.4) is 0 Å². The molecular formula is C13H14ClNO4. The zero-order valence-electron chi connectivity index (χ0n) is 10.1. The molecule has 0 radical (unpaired) electrons. The summed E-state index contributed by atoms with van der Waals surface area (Å²) in [4.78, 5) is 22.5. The van der Waals surface area contributed by atoms with Gasteiger partial charge in [-0.05, 0) is 11.6 Å².